The van der Waals surface area contributed by atoms with E-state index >= 15 is 0 Å². The molecule has 0 radical (unpaired) electrons. The van der Waals surface area contributed by atoms with Gasteiger partial charge in [-0.15, -0.1) is 0 Å². The van der Waals surface area contributed by atoms with Gasteiger partial charge in [0.1, 0.15) is 18.8 Å². The maximum Gasteiger partial charge on any atom is 0.336 e. The van der Waals surface area contributed by atoms with Crippen LogP contribution in [0.25, 0.3) is 0 Å². The zero-order valence-electron chi connectivity index (χ0n) is 16.8. The summed E-state index contributed by atoms with van der Waals surface area (Å²) in [5.41, 5.74) is -1.76. The minimum absolute atomic E-state index is 0.00724. The summed E-state index contributed by atoms with van der Waals surface area (Å²) in [5.74, 6) is -14.2. The molecule has 0 fully saturated rings. The average Bonchev–Trinajstić information content (AvgIpc) is 2.80. The van der Waals surface area contributed by atoms with Crippen LogP contribution in [0.5, 0.6) is 0 Å². The van der Waals surface area contributed by atoms with Crippen molar-refractivity contribution in [2.24, 2.45) is 0 Å². The molecule has 3 atom stereocenters. The lowest BCUT2D eigenvalue weighted by Crippen LogP contribution is -2.43. The van der Waals surface area contributed by atoms with E-state index in [-0.39, 0.29) is 41.7 Å². The number of nitrogens with zero attached hydrogens (tertiary/aromatic N) is 1. The summed E-state index contributed by atoms with van der Waals surface area (Å²) in [6.45, 7) is 2.23. The van der Waals surface area contributed by atoms with Crippen LogP contribution in [-0.4, -0.2) is 47.7 Å². The number of ether oxygens (including phenoxy) is 1. The maximum absolute atomic E-state index is 14.8. The number of benzene rings is 1. The minimum Gasteiger partial charge on any atom is -0.633 e. The number of carbonyl (C=O) groups excluding carboxylic acids is 1. The van der Waals surface area contributed by atoms with E-state index in [9.17, 15) is 36.5 Å². The van der Waals surface area contributed by atoms with Crippen molar-refractivity contribution in [1.29, 1.82) is 0 Å². The molecular formula is C19H19F5N2O4S. The number of carbonyl (C=O) groups is 1. The molecule has 0 bridgehead atoms. The Morgan fingerprint density at radius 3 is 2.26 bits per heavy atom. The molecule has 3 rings (SSSR count). The summed E-state index contributed by atoms with van der Waals surface area (Å²) in [6, 6.07) is 0. The van der Waals surface area contributed by atoms with Crippen molar-refractivity contribution in [3.8, 4) is 0 Å². The summed E-state index contributed by atoms with van der Waals surface area (Å²) in [7, 11) is 1.29. The van der Waals surface area contributed by atoms with Crippen LogP contribution in [-0.2, 0) is 20.7 Å². The van der Waals surface area contributed by atoms with Crippen molar-refractivity contribution in [2.75, 3.05) is 32.5 Å². The first kappa shape index (κ1) is 23.5. The van der Waals surface area contributed by atoms with Gasteiger partial charge in [0, 0.05) is 11.3 Å². The van der Waals surface area contributed by atoms with Gasteiger partial charge in [-0.25, -0.2) is 26.7 Å². The molecule has 1 aromatic rings. The number of dihydropyridines is 1. The third-order valence-electron chi connectivity index (χ3n) is 5.11. The largest absolute Gasteiger partial charge is 0.633 e. The van der Waals surface area contributed by atoms with E-state index in [0.717, 1.165) is 0 Å². The number of hydroxylamine groups is 3. The number of rotatable bonds is 3. The summed E-state index contributed by atoms with van der Waals surface area (Å²) in [4.78, 5) is 12.3. The molecule has 1 N–H and O–H groups in total. The summed E-state index contributed by atoms with van der Waals surface area (Å²) < 4.78 is 88.2. The predicted molar refractivity (Wildman–Crippen MR) is 101 cm³/mol. The standard InChI is InChI=1S/C19H19F5N2O4S/c1-4-30-19(27)10-8(2)25-9-7-26(3,28)5-6-31(29)18(9)11(10)12-13(20)15(22)17(24)16(23)14(12)21/h11,25H,4-7H2,1-3H3. The lowest BCUT2D eigenvalue weighted by molar-refractivity contribution is -0.853. The van der Waals surface area contributed by atoms with Crippen molar-refractivity contribution in [3.63, 3.8) is 0 Å². The first-order valence-electron chi connectivity index (χ1n) is 9.24. The van der Waals surface area contributed by atoms with Crippen LogP contribution < -0.4 is 5.32 Å². The Morgan fingerprint density at radius 1 is 1.16 bits per heavy atom. The SMILES string of the molecule is CCOC(=O)C1=C(C)NC2=C(C1c1c(F)c(F)c(F)c(F)c1F)[S+]([O-])CC[N+](C)([O-])C2. The summed E-state index contributed by atoms with van der Waals surface area (Å²) >= 11 is -2.05. The van der Waals surface area contributed by atoms with Gasteiger partial charge < -0.3 is 24.5 Å². The van der Waals surface area contributed by atoms with Gasteiger partial charge in [-0.2, -0.15) is 0 Å². The molecule has 0 spiro atoms. The molecule has 0 saturated carbocycles. The van der Waals surface area contributed by atoms with Crippen LogP contribution in [0.1, 0.15) is 25.3 Å². The lowest BCUT2D eigenvalue weighted by Gasteiger charge is -2.37. The third kappa shape index (κ3) is 4.04. The molecule has 0 aromatic heterocycles. The molecule has 1 aromatic carbocycles. The van der Waals surface area contributed by atoms with Crippen LogP contribution in [0.3, 0.4) is 0 Å². The van der Waals surface area contributed by atoms with Crippen LogP contribution in [0.4, 0.5) is 22.0 Å². The van der Waals surface area contributed by atoms with E-state index in [1.54, 1.807) is 0 Å². The topological polar surface area (TPSA) is 84.5 Å². The van der Waals surface area contributed by atoms with Crippen LogP contribution in [0.2, 0.25) is 0 Å². The number of esters is 1. The second-order valence-electron chi connectivity index (χ2n) is 7.37. The minimum atomic E-state index is -2.36. The molecule has 0 saturated heterocycles. The number of halogens is 5. The molecule has 2 heterocycles. The van der Waals surface area contributed by atoms with E-state index < -0.39 is 67.9 Å². The first-order chi connectivity index (χ1) is 14.4. The molecule has 0 amide bonds. The Kier molecular flexibility index (Phi) is 6.38. The third-order valence-corrected chi connectivity index (χ3v) is 6.63. The predicted octanol–water partition coefficient (Wildman–Crippen LogP) is 2.82. The van der Waals surface area contributed by atoms with Gasteiger partial charge in [-0.05, 0) is 25.0 Å². The number of likely N-dealkylation sites (N-methyl/N-ethyl adjacent to an activating group) is 1. The maximum atomic E-state index is 14.8. The Morgan fingerprint density at radius 2 is 1.71 bits per heavy atom. The van der Waals surface area contributed by atoms with Gasteiger partial charge in [0.15, 0.2) is 33.9 Å². The molecule has 170 valence electrons. The second-order valence-corrected chi connectivity index (χ2v) is 8.91. The van der Waals surface area contributed by atoms with Crippen LogP contribution in [0, 0.1) is 34.3 Å². The highest BCUT2D eigenvalue weighted by molar-refractivity contribution is 7.95. The molecule has 12 heteroatoms. The number of hydrogen-bond donors (Lipinski definition) is 1. The Hall–Kier alpha value is -2.15. The average molecular weight is 466 g/mol. The second kappa shape index (κ2) is 8.41. The highest BCUT2D eigenvalue weighted by atomic mass is 32.2. The fourth-order valence-corrected chi connectivity index (χ4v) is 5.35. The zero-order chi connectivity index (χ0) is 23.2. The molecule has 2 aliphatic heterocycles. The monoisotopic (exact) mass is 466 g/mol. The van der Waals surface area contributed by atoms with Gasteiger partial charge >= 0.3 is 5.97 Å². The van der Waals surface area contributed by atoms with Gasteiger partial charge in [0.05, 0.1) is 25.1 Å². The molecule has 6 nitrogen and oxygen atoms in total. The number of quaternary nitrogens is 1. The number of nitrogens with one attached hydrogen (secondary N) is 1. The van der Waals surface area contributed by atoms with E-state index in [2.05, 4.69) is 5.32 Å². The number of hydrogen-bond acceptors (Lipinski definition) is 5. The van der Waals surface area contributed by atoms with Crippen LogP contribution in [0.15, 0.2) is 21.9 Å². The molecule has 3 unspecified atom stereocenters. The normalized spacial score (nSPS) is 26.4. The number of allylic oxidation sites excluding steroid dienone is 2. The van der Waals surface area contributed by atoms with Crippen molar-refractivity contribution in [1.82, 2.24) is 5.32 Å². The first-order valence-corrected chi connectivity index (χ1v) is 10.6. The van der Waals surface area contributed by atoms with E-state index in [1.807, 2.05) is 0 Å². The fraction of sp³-hybridized carbons (Fsp3) is 0.421. The van der Waals surface area contributed by atoms with E-state index in [4.69, 9.17) is 4.74 Å². The Bertz CT molecular complexity index is 982. The van der Waals surface area contributed by atoms with Crippen molar-refractivity contribution in [3.05, 3.63) is 61.7 Å². The van der Waals surface area contributed by atoms with E-state index in [0.29, 0.717) is 0 Å². The fourth-order valence-electron chi connectivity index (χ4n) is 3.69. The summed E-state index contributed by atoms with van der Waals surface area (Å²) in [5, 5.41) is 15.4. The summed E-state index contributed by atoms with van der Waals surface area (Å²) in [6.07, 6.45) is 0. The quantitative estimate of drug-likeness (QED) is 0.141. The smallest absolute Gasteiger partial charge is 0.336 e. The van der Waals surface area contributed by atoms with Gasteiger partial charge in [-0.3, -0.25) is 0 Å². The van der Waals surface area contributed by atoms with Gasteiger partial charge in [0.25, 0.3) is 0 Å². The molecular weight excluding hydrogens is 447 g/mol. The van der Waals surface area contributed by atoms with E-state index in [1.165, 1.54) is 20.9 Å². The Balaban J connectivity index is 2.36. The molecule has 2 aliphatic rings. The molecule has 31 heavy (non-hydrogen) atoms. The van der Waals surface area contributed by atoms with Crippen molar-refractivity contribution in [2.45, 2.75) is 19.8 Å². The van der Waals surface area contributed by atoms with Crippen molar-refractivity contribution >= 4 is 17.1 Å². The highest BCUT2D eigenvalue weighted by Crippen LogP contribution is 2.45. The van der Waals surface area contributed by atoms with Crippen molar-refractivity contribution < 1.29 is 40.7 Å². The zero-order valence-corrected chi connectivity index (χ0v) is 17.6. The highest BCUT2D eigenvalue weighted by Gasteiger charge is 2.47. The van der Waals surface area contributed by atoms with Gasteiger partial charge in [-0.1, -0.05) is 0 Å². The molecule has 0 aliphatic carbocycles. The van der Waals surface area contributed by atoms with Gasteiger partial charge in [0.2, 0.25) is 5.82 Å². The van der Waals surface area contributed by atoms with Crippen LogP contribution >= 0.6 is 0 Å². The lowest BCUT2D eigenvalue weighted by atomic mass is 9.85. The Labute approximate surface area is 177 Å².